The maximum absolute atomic E-state index is 13.4. The summed E-state index contributed by atoms with van der Waals surface area (Å²) >= 11 is 0. The highest BCUT2D eigenvalue weighted by Gasteiger charge is 2.18. The molecule has 3 rings (SSSR count). The van der Waals surface area contributed by atoms with Crippen molar-refractivity contribution < 1.29 is 8.81 Å². The molecule has 0 aliphatic heterocycles. The highest BCUT2D eigenvalue weighted by atomic mass is 19.1. The van der Waals surface area contributed by atoms with Crippen LogP contribution in [0.15, 0.2) is 46.9 Å². The van der Waals surface area contributed by atoms with Crippen LogP contribution in [0.2, 0.25) is 0 Å². The Balaban J connectivity index is 1.96. The van der Waals surface area contributed by atoms with Crippen molar-refractivity contribution >= 4 is 11.0 Å². The molecule has 21 heavy (non-hydrogen) atoms. The SMILES string of the molecule is Cc1ccccc1CC(N)c1oc2ccc(F)cc2c1C. The highest BCUT2D eigenvalue weighted by Crippen LogP contribution is 2.30. The van der Waals surface area contributed by atoms with Crippen LogP contribution in [0.1, 0.15) is 28.5 Å². The van der Waals surface area contributed by atoms with Gasteiger partial charge in [-0.05, 0) is 49.6 Å². The summed E-state index contributed by atoms with van der Waals surface area (Å²) in [6.07, 6.45) is 0.704. The Morgan fingerprint density at radius 1 is 1.14 bits per heavy atom. The number of nitrogens with two attached hydrogens (primary N) is 1. The third-order valence-electron chi connectivity index (χ3n) is 3.97. The maximum atomic E-state index is 13.4. The molecule has 0 saturated heterocycles. The molecule has 3 heteroatoms. The Labute approximate surface area is 123 Å². The molecule has 1 aromatic heterocycles. The number of furan rings is 1. The molecule has 0 bridgehead atoms. The number of fused-ring (bicyclic) bond motifs is 1. The predicted molar refractivity (Wildman–Crippen MR) is 82.7 cm³/mol. The summed E-state index contributed by atoms with van der Waals surface area (Å²) in [5.74, 6) is 0.476. The second-order valence-electron chi connectivity index (χ2n) is 5.47. The number of hydrogen-bond donors (Lipinski definition) is 1. The van der Waals surface area contributed by atoms with Crippen molar-refractivity contribution in [2.24, 2.45) is 5.73 Å². The number of aryl methyl sites for hydroxylation is 2. The van der Waals surface area contributed by atoms with E-state index in [9.17, 15) is 4.39 Å². The van der Waals surface area contributed by atoms with Crippen molar-refractivity contribution in [2.75, 3.05) is 0 Å². The average molecular weight is 283 g/mol. The highest BCUT2D eigenvalue weighted by molar-refractivity contribution is 5.82. The Bertz CT molecular complexity index is 791. The van der Waals surface area contributed by atoms with Crippen LogP contribution in [0.25, 0.3) is 11.0 Å². The van der Waals surface area contributed by atoms with E-state index in [0.717, 1.165) is 16.7 Å². The fraction of sp³-hybridized carbons (Fsp3) is 0.222. The minimum atomic E-state index is -0.259. The van der Waals surface area contributed by atoms with Crippen molar-refractivity contribution in [1.29, 1.82) is 0 Å². The Morgan fingerprint density at radius 3 is 2.67 bits per heavy atom. The molecule has 3 aromatic rings. The van der Waals surface area contributed by atoms with Crippen LogP contribution in [-0.4, -0.2) is 0 Å². The van der Waals surface area contributed by atoms with Crippen LogP contribution in [0.5, 0.6) is 0 Å². The second kappa shape index (κ2) is 5.34. The largest absolute Gasteiger partial charge is 0.459 e. The molecule has 0 amide bonds. The first-order valence-electron chi connectivity index (χ1n) is 7.05. The molecule has 0 saturated carbocycles. The van der Waals surface area contributed by atoms with E-state index in [0.29, 0.717) is 12.0 Å². The standard InChI is InChI=1S/C18H18FNO/c1-11-5-3-4-6-13(11)9-16(20)18-12(2)15-10-14(19)7-8-17(15)21-18/h3-8,10,16H,9,20H2,1-2H3. The van der Waals surface area contributed by atoms with E-state index < -0.39 is 0 Å². The van der Waals surface area contributed by atoms with Gasteiger partial charge in [0, 0.05) is 10.9 Å². The number of hydrogen-bond acceptors (Lipinski definition) is 2. The molecule has 0 fully saturated rings. The predicted octanol–water partition coefficient (Wildman–Crippen LogP) is 4.43. The lowest BCUT2D eigenvalue weighted by molar-refractivity contribution is 0.489. The lowest BCUT2D eigenvalue weighted by Crippen LogP contribution is -2.14. The fourth-order valence-electron chi connectivity index (χ4n) is 2.73. The molecular formula is C18H18FNO. The molecular weight excluding hydrogens is 265 g/mol. The summed E-state index contributed by atoms with van der Waals surface area (Å²) in [7, 11) is 0. The van der Waals surface area contributed by atoms with Gasteiger partial charge in [-0.25, -0.2) is 4.39 Å². The number of halogens is 1. The zero-order valence-electron chi connectivity index (χ0n) is 12.2. The van der Waals surface area contributed by atoms with Crippen molar-refractivity contribution in [3.63, 3.8) is 0 Å². The van der Waals surface area contributed by atoms with Gasteiger partial charge in [-0.1, -0.05) is 24.3 Å². The quantitative estimate of drug-likeness (QED) is 0.772. The second-order valence-corrected chi connectivity index (χ2v) is 5.47. The minimum Gasteiger partial charge on any atom is -0.459 e. The molecule has 2 aromatic carbocycles. The van der Waals surface area contributed by atoms with Gasteiger partial charge in [0.1, 0.15) is 17.2 Å². The van der Waals surface area contributed by atoms with Crippen LogP contribution >= 0.6 is 0 Å². The van der Waals surface area contributed by atoms with Gasteiger partial charge in [0.25, 0.3) is 0 Å². The molecule has 1 heterocycles. The first-order chi connectivity index (χ1) is 10.1. The molecule has 1 atom stereocenters. The average Bonchev–Trinajstić information content (AvgIpc) is 2.79. The van der Waals surface area contributed by atoms with Crippen LogP contribution in [0, 0.1) is 19.7 Å². The molecule has 2 N–H and O–H groups in total. The van der Waals surface area contributed by atoms with E-state index in [1.165, 1.54) is 23.3 Å². The molecule has 0 radical (unpaired) electrons. The van der Waals surface area contributed by atoms with E-state index in [1.54, 1.807) is 6.07 Å². The van der Waals surface area contributed by atoms with E-state index in [2.05, 4.69) is 19.1 Å². The van der Waals surface area contributed by atoms with Gasteiger partial charge in [0.2, 0.25) is 0 Å². The van der Waals surface area contributed by atoms with Crippen LogP contribution in [0.4, 0.5) is 4.39 Å². The van der Waals surface area contributed by atoms with Crippen molar-refractivity contribution in [1.82, 2.24) is 0 Å². The molecule has 2 nitrogen and oxygen atoms in total. The van der Waals surface area contributed by atoms with Gasteiger partial charge in [-0.3, -0.25) is 0 Å². The summed E-state index contributed by atoms with van der Waals surface area (Å²) in [4.78, 5) is 0. The third kappa shape index (κ3) is 2.57. The normalized spacial score (nSPS) is 12.8. The van der Waals surface area contributed by atoms with Crippen molar-refractivity contribution in [3.8, 4) is 0 Å². The zero-order valence-corrected chi connectivity index (χ0v) is 12.2. The monoisotopic (exact) mass is 283 g/mol. The fourth-order valence-corrected chi connectivity index (χ4v) is 2.73. The van der Waals surface area contributed by atoms with Crippen LogP contribution in [-0.2, 0) is 6.42 Å². The molecule has 0 aliphatic carbocycles. The smallest absolute Gasteiger partial charge is 0.134 e. The summed E-state index contributed by atoms with van der Waals surface area (Å²) in [5.41, 5.74) is 10.3. The Hall–Kier alpha value is -2.13. The first-order valence-corrected chi connectivity index (χ1v) is 7.05. The third-order valence-corrected chi connectivity index (χ3v) is 3.97. The van der Waals surface area contributed by atoms with Gasteiger partial charge in [-0.15, -0.1) is 0 Å². The van der Waals surface area contributed by atoms with E-state index >= 15 is 0 Å². The Morgan fingerprint density at radius 2 is 1.90 bits per heavy atom. The molecule has 108 valence electrons. The summed E-state index contributed by atoms with van der Waals surface area (Å²) in [6, 6.07) is 12.5. The minimum absolute atomic E-state index is 0.235. The van der Waals surface area contributed by atoms with E-state index in [-0.39, 0.29) is 11.9 Å². The van der Waals surface area contributed by atoms with E-state index in [1.807, 2.05) is 19.1 Å². The summed E-state index contributed by atoms with van der Waals surface area (Å²) in [5, 5.41) is 0.797. The summed E-state index contributed by atoms with van der Waals surface area (Å²) < 4.78 is 19.2. The molecule has 0 aliphatic rings. The topological polar surface area (TPSA) is 39.2 Å². The van der Waals surface area contributed by atoms with Crippen molar-refractivity contribution in [3.05, 3.63) is 70.7 Å². The van der Waals surface area contributed by atoms with Gasteiger partial charge >= 0.3 is 0 Å². The Kier molecular flexibility index (Phi) is 3.52. The maximum Gasteiger partial charge on any atom is 0.134 e. The van der Waals surface area contributed by atoms with Crippen LogP contribution < -0.4 is 5.73 Å². The van der Waals surface area contributed by atoms with Crippen LogP contribution in [0.3, 0.4) is 0 Å². The number of benzene rings is 2. The molecule has 0 spiro atoms. The van der Waals surface area contributed by atoms with Gasteiger partial charge < -0.3 is 10.2 Å². The lowest BCUT2D eigenvalue weighted by atomic mass is 9.98. The summed E-state index contributed by atoms with van der Waals surface area (Å²) in [6.45, 7) is 4.00. The molecule has 1 unspecified atom stereocenters. The number of rotatable bonds is 3. The van der Waals surface area contributed by atoms with Gasteiger partial charge in [-0.2, -0.15) is 0 Å². The lowest BCUT2D eigenvalue weighted by Gasteiger charge is -2.12. The zero-order chi connectivity index (χ0) is 15.0. The van der Waals surface area contributed by atoms with Gasteiger partial charge in [0.15, 0.2) is 0 Å². The first kappa shape index (κ1) is 13.8. The van der Waals surface area contributed by atoms with E-state index in [4.69, 9.17) is 10.2 Å². The van der Waals surface area contributed by atoms with Crippen molar-refractivity contribution in [2.45, 2.75) is 26.3 Å². The van der Waals surface area contributed by atoms with Gasteiger partial charge in [0.05, 0.1) is 6.04 Å².